The fourth-order valence-corrected chi connectivity index (χ4v) is 1.82. The third kappa shape index (κ3) is 4.02. The molecule has 0 aliphatic carbocycles. The molecule has 2 heterocycles. The van der Waals surface area contributed by atoms with Crippen molar-refractivity contribution < 1.29 is 9.90 Å². The summed E-state index contributed by atoms with van der Waals surface area (Å²) in [5, 5.41) is 12.4. The number of carboxylic acids is 1. The number of hydrogen-bond donors (Lipinski definition) is 2. The number of carboxylic acid groups (broad SMARTS) is 1. The summed E-state index contributed by atoms with van der Waals surface area (Å²) in [4.78, 5) is 19.7. The Morgan fingerprint density at radius 3 is 2.48 bits per heavy atom. The maximum absolute atomic E-state index is 11.2. The largest absolute Gasteiger partial charge is 0.478 e. The van der Waals surface area contributed by atoms with Crippen LogP contribution in [0.3, 0.4) is 0 Å². The molecule has 5 heteroatoms. The van der Waals surface area contributed by atoms with Gasteiger partial charge in [0.05, 0.1) is 5.56 Å². The van der Waals surface area contributed by atoms with Crippen LogP contribution in [0.15, 0.2) is 36.7 Å². The van der Waals surface area contributed by atoms with E-state index in [2.05, 4.69) is 15.3 Å². The third-order valence-corrected chi connectivity index (χ3v) is 3.06. The molecular formula is C16H19N3O2. The van der Waals surface area contributed by atoms with Gasteiger partial charge in [0.25, 0.3) is 0 Å². The van der Waals surface area contributed by atoms with Crippen LogP contribution in [0.1, 0.15) is 42.4 Å². The Hall–Kier alpha value is -2.43. The number of carbonyl (C=O) groups is 1. The van der Waals surface area contributed by atoms with Crippen molar-refractivity contribution in [3.05, 3.63) is 53.5 Å². The molecule has 5 nitrogen and oxygen atoms in total. The average molecular weight is 285 g/mol. The van der Waals surface area contributed by atoms with Crippen molar-refractivity contribution >= 4 is 11.8 Å². The van der Waals surface area contributed by atoms with E-state index < -0.39 is 5.97 Å². The Morgan fingerprint density at radius 1 is 1.24 bits per heavy atom. The average Bonchev–Trinajstić information content (AvgIpc) is 2.45. The zero-order valence-electron chi connectivity index (χ0n) is 12.4. The van der Waals surface area contributed by atoms with Gasteiger partial charge in [-0.15, -0.1) is 0 Å². The van der Waals surface area contributed by atoms with Crippen LogP contribution in [0, 0.1) is 0 Å². The van der Waals surface area contributed by atoms with Crippen LogP contribution in [0.4, 0.5) is 5.82 Å². The van der Waals surface area contributed by atoms with Gasteiger partial charge in [0.1, 0.15) is 5.82 Å². The number of aromatic nitrogens is 2. The van der Waals surface area contributed by atoms with Crippen molar-refractivity contribution in [3.63, 3.8) is 0 Å². The van der Waals surface area contributed by atoms with E-state index in [9.17, 15) is 9.90 Å². The Kier molecular flexibility index (Phi) is 4.21. The SMILES string of the molecule is CC(C)(C)c1cc(C(=O)O)cc(NCc2ccncc2)n1. The van der Waals surface area contributed by atoms with E-state index in [1.54, 1.807) is 24.5 Å². The summed E-state index contributed by atoms with van der Waals surface area (Å²) in [5.74, 6) is -0.383. The van der Waals surface area contributed by atoms with Gasteiger partial charge < -0.3 is 10.4 Å². The van der Waals surface area contributed by atoms with Gasteiger partial charge in [0.15, 0.2) is 0 Å². The van der Waals surface area contributed by atoms with Gasteiger partial charge in [-0.05, 0) is 29.8 Å². The maximum atomic E-state index is 11.2. The van der Waals surface area contributed by atoms with Crippen LogP contribution in [0.25, 0.3) is 0 Å². The minimum atomic E-state index is -0.949. The molecule has 0 radical (unpaired) electrons. The lowest BCUT2D eigenvalue weighted by atomic mass is 9.91. The first-order chi connectivity index (χ1) is 9.86. The van der Waals surface area contributed by atoms with Gasteiger partial charge in [-0.1, -0.05) is 20.8 Å². The Labute approximate surface area is 124 Å². The molecule has 0 bridgehead atoms. The van der Waals surface area contributed by atoms with E-state index in [1.165, 1.54) is 0 Å². The highest BCUT2D eigenvalue weighted by molar-refractivity contribution is 5.88. The van der Waals surface area contributed by atoms with E-state index in [0.29, 0.717) is 12.4 Å². The first-order valence-corrected chi connectivity index (χ1v) is 6.75. The molecule has 2 aromatic rings. The predicted molar refractivity (Wildman–Crippen MR) is 81.5 cm³/mol. The minimum absolute atomic E-state index is 0.210. The van der Waals surface area contributed by atoms with Crippen molar-refractivity contribution in [2.24, 2.45) is 0 Å². The van der Waals surface area contributed by atoms with Crippen LogP contribution in [-0.4, -0.2) is 21.0 Å². The third-order valence-electron chi connectivity index (χ3n) is 3.06. The summed E-state index contributed by atoms with van der Waals surface area (Å²) < 4.78 is 0. The standard InChI is InChI=1S/C16H19N3O2/c1-16(2,3)13-8-12(15(20)21)9-14(19-13)18-10-11-4-6-17-7-5-11/h4-9H,10H2,1-3H3,(H,18,19)(H,20,21). The number of nitrogens with zero attached hydrogens (tertiary/aromatic N) is 2. The summed E-state index contributed by atoms with van der Waals surface area (Å²) in [7, 11) is 0. The highest BCUT2D eigenvalue weighted by Gasteiger charge is 2.19. The molecule has 0 spiro atoms. The van der Waals surface area contributed by atoms with Crippen molar-refractivity contribution in [1.29, 1.82) is 0 Å². The number of rotatable bonds is 4. The molecule has 0 fully saturated rings. The van der Waals surface area contributed by atoms with Crippen molar-refractivity contribution in [1.82, 2.24) is 9.97 Å². The number of anilines is 1. The first kappa shape index (κ1) is 15.0. The molecule has 0 amide bonds. The highest BCUT2D eigenvalue weighted by Crippen LogP contribution is 2.23. The smallest absolute Gasteiger partial charge is 0.335 e. The molecule has 0 saturated carbocycles. The van der Waals surface area contributed by atoms with Gasteiger partial charge in [0, 0.05) is 30.0 Å². The quantitative estimate of drug-likeness (QED) is 0.903. The molecule has 0 aliphatic rings. The summed E-state index contributed by atoms with van der Waals surface area (Å²) in [5.41, 5.74) is 1.84. The van der Waals surface area contributed by atoms with Crippen molar-refractivity contribution in [2.75, 3.05) is 5.32 Å². The molecule has 0 saturated heterocycles. The lowest BCUT2D eigenvalue weighted by Crippen LogP contribution is -2.16. The summed E-state index contributed by atoms with van der Waals surface area (Å²) in [6.45, 7) is 6.59. The molecule has 2 aromatic heterocycles. The number of nitrogens with one attached hydrogen (secondary N) is 1. The van der Waals surface area contributed by atoms with Gasteiger partial charge in [-0.25, -0.2) is 9.78 Å². The molecule has 110 valence electrons. The normalized spacial score (nSPS) is 11.2. The van der Waals surface area contributed by atoms with Crippen LogP contribution in [0.2, 0.25) is 0 Å². The number of aromatic carboxylic acids is 1. The van der Waals surface area contributed by atoms with Gasteiger partial charge in [-0.3, -0.25) is 4.98 Å². The molecule has 2 rings (SSSR count). The summed E-state index contributed by atoms with van der Waals surface area (Å²) in [6, 6.07) is 6.98. The molecule has 0 aromatic carbocycles. The second-order valence-electron chi connectivity index (χ2n) is 5.89. The Balaban J connectivity index is 2.26. The summed E-state index contributed by atoms with van der Waals surface area (Å²) in [6.07, 6.45) is 3.44. The minimum Gasteiger partial charge on any atom is -0.478 e. The van der Waals surface area contributed by atoms with Crippen LogP contribution in [0.5, 0.6) is 0 Å². The van der Waals surface area contributed by atoms with E-state index in [4.69, 9.17) is 0 Å². The molecular weight excluding hydrogens is 266 g/mol. The zero-order chi connectivity index (χ0) is 15.5. The molecule has 21 heavy (non-hydrogen) atoms. The van der Waals surface area contributed by atoms with Crippen LogP contribution in [-0.2, 0) is 12.0 Å². The lowest BCUT2D eigenvalue weighted by molar-refractivity contribution is 0.0696. The van der Waals surface area contributed by atoms with Gasteiger partial charge in [0.2, 0.25) is 0 Å². The van der Waals surface area contributed by atoms with Crippen molar-refractivity contribution in [2.45, 2.75) is 32.7 Å². The van der Waals surface area contributed by atoms with Gasteiger partial charge in [-0.2, -0.15) is 0 Å². The van der Waals surface area contributed by atoms with Gasteiger partial charge >= 0.3 is 5.97 Å². The van der Waals surface area contributed by atoms with Crippen LogP contribution < -0.4 is 5.32 Å². The fraction of sp³-hybridized carbons (Fsp3) is 0.312. The predicted octanol–water partition coefficient (Wildman–Crippen LogP) is 3.08. The highest BCUT2D eigenvalue weighted by atomic mass is 16.4. The second-order valence-corrected chi connectivity index (χ2v) is 5.89. The first-order valence-electron chi connectivity index (χ1n) is 6.75. The van der Waals surface area contributed by atoms with Crippen LogP contribution >= 0.6 is 0 Å². The fourth-order valence-electron chi connectivity index (χ4n) is 1.82. The molecule has 2 N–H and O–H groups in total. The monoisotopic (exact) mass is 285 g/mol. The zero-order valence-corrected chi connectivity index (χ0v) is 12.4. The molecule has 0 atom stereocenters. The Bertz CT molecular complexity index is 634. The number of pyridine rings is 2. The maximum Gasteiger partial charge on any atom is 0.335 e. The van der Waals surface area contributed by atoms with E-state index in [1.807, 2.05) is 32.9 Å². The van der Waals surface area contributed by atoms with E-state index >= 15 is 0 Å². The molecule has 0 aliphatic heterocycles. The summed E-state index contributed by atoms with van der Waals surface area (Å²) >= 11 is 0. The molecule has 0 unspecified atom stereocenters. The topological polar surface area (TPSA) is 75.1 Å². The number of hydrogen-bond acceptors (Lipinski definition) is 4. The second kappa shape index (κ2) is 5.91. The lowest BCUT2D eigenvalue weighted by Gasteiger charge is -2.19. The van der Waals surface area contributed by atoms with E-state index in [-0.39, 0.29) is 11.0 Å². The van der Waals surface area contributed by atoms with E-state index in [0.717, 1.165) is 11.3 Å². The Morgan fingerprint density at radius 2 is 1.90 bits per heavy atom. The van der Waals surface area contributed by atoms with Crippen molar-refractivity contribution in [3.8, 4) is 0 Å².